The minimum Gasteiger partial charge on any atom is -0.387 e. The van der Waals surface area contributed by atoms with E-state index in [4.69, 9.17) is 0 Å². The average Bonchev–Trinajstić information content (AvgIpc) is 3.05. The molecule has 9 heteroatoms. The highest BCUT2D eigenvalue weighted by atomic mass is 16.3. The van der Waals surface area contributed by atoms with E-state index in [1.807, 2.05) is 0 Å². The second-order valence-corrected chi connectivity index (χ2v) is 6.35. The molecular weight excluding hydrogens is 338 g/mol. The maximum atomic E-state index is 12.8. The van der Waals surface area contributed by atoms with Crippen molar-refractivity contribution in [2.24, 2.45) is 0 Å². The van der Waals surface area contributed by atoms with Crippen molar-refractivity contribution in [2.45, 2.75) is 26.1 Å². The monoisotopic (exact) mass is 355 g/mol. The maximum Gasteiger partial charge on any atom is 0.314 e. The average molecular weight is 355 g/mol. The lowest BCUT2D eigenvalue weighted by atomic mass is 10.1. The Hall–Kier alpha value is -3.20. The summed E-state index contributed by atoms with van der Waals surface area (Å²) in [6.45, 7) is 3.08. The second-order valence-electron chi connectivity index (χ2n) is 6.35. The number of hydrogen-bond acceptors (Lipinski definition) is 5. The van der Waals surface area contributed by atoms with Gasteiger partial charge in [-0.25, -0.2) is 0 Å². The van der Waals surface area contributed by atoms with Crippen LogP contribution in [0.3, 0.4) is 0 Å². The zero-order chi connectivity index (χ0) is 18.4. The van der Waals surface area contributed by atoms with Crippen LogP contribution in [-0.4, -0.2) is 42.2 Å². The van der Waals surface area contributed by atoms with Crippen molar-refractivity contribution in [3.63, 3.8) is 0 Å². The molecule has 26 heavy (non-hydrogen) atoms. The number of aliphatic hydroxyl groups is 1. The molecule has 1 aliphatic rings. The first-order chi connectivity index (χ1) is 12.4. The fraction of sp³-hybridized carbons (Fsp3) is 0.294. The molecule has 3 heterocycles. The lowest BCUT2D eigenvalue weighted by Crippen LogP contribution is -2.38. The SMILES string of the molecule is CC(O)c1cc2n(n1)CCN(C(=O)c1ccc3[nH]c(=O)c(=O)[nH]c3c1)C2. The van der Waals surface area contributed by atoms with Gasteiger partial charge < -0.3 is 20.0 Å². The van der Waals surface area contributed by atoms with Crippen molar-refractivity contribution in [1.82, 2.24) is 24.6 Å². The first-order valence-corrected chi connectivity index (χ1v) is 8.23. The standard InChI is InChI=1S/C17H17N5O4/c1-9(23)13-7-11-8-21(4-5-22(11)20-13)17(26)10-2-3-12-14(6-10)19-16(25)15(24)18-12/h2-3,6-7,9,23H,4-5,8H2,1H3,(H,18,24)(H,19,25). The van der Waals surface area contributed by atoms with Gasteiger partial charge in [0.05, 0.1) is 41.6 Å². The Labute approximate surface area is 146 Å². The van der Waals surface area contributed by atoms with Gasteiger partial charge in [-0.3, -0.25) is 19.1 Å². The van der Waals surface area contributed by atoms with Crippen molar-refractivity contribution in [1.29, 1.82) is 0 Å². The summed E-state index contributed by atoms with van der Waals surface area (Å²) in [5.41, 5.74) is 1.25. The molecule has 2 aromatic heterocycles. The van der Waals surface area contributed by atoms with Crippen molar-refractivity contribution in [3.8, 4) is 0 Å². The summed E-state index contributed by atoms with van der Waals surface area (Å²) in [6, 6.07) is 6.57. The fourth-order valence-corrected chi connectivity index (χ4v) is 3.10. The summed E-state index contributed by atoms with van der Waals surface area (Å²) in [5, 5.41) is 14.0. The van der Waals surface area contributed by atoms with Gasteiger partial charge in [0.2, 0.25) is 0 Å². The molecule has 4 rings (SSSR count). The Bertz CT molecular complexity index is 1120. The molecule has 1 atom stereocenters. The summed E-state index contributed by atoms with van der Waals surface area (Å²) >= 11 is 0. The van der Waals surface area contributed by atoms with Crippen LogP contribution in [0.2, 0.25) is 0 Å². The molecule has 1 unspecified atom stereocenters. The van der Waals surface area contributed by atoms with E-state index in [2.05, 4.69) is 15.1 Å². The fourth-order valence-electron chi connectivity index (χ4n) is 3.10. The molecule has 3 N–H and O–H groups in total. The zero-order valence-electron chi connectivity index (χ0n) is 14.0. The number of rotatable bonds is 2. The number of carbonyl (C=O) groups is 1. The van der Waals surface area contributed by atoms with Gasteiger partial charge in [0.1, 0.15) is 0 Å². The predicted molar refractivity (Wildman–Crippen MR) is 92.8 cm³/mol. The number of aromatic nitrogens is 4. The Morgan fingerprint density at radius 1 is 1.15 bits per heavy atom. The van der Waals surface area contributed by atoms with Crippen LogP contribution in [0.4, 0.5) is 0 Å². The lowest BCUT2D eigenvalue weighted by Gasteiger charge is -2.27. The summed E-state index contributed by atoms with van der Waals surface area (Å²) in [7, 11) is 0. The number of aliphatic hydroxyl groups excluding tert-OH is 1. The molecule has 0 bridgehead atoms. The molecule has 134 valence electrons. The molecule has 1 aliphatic heterocycles. The number of carbonyl (C=O) groups excluding carboxylic acids is 1. The van der Waals surface area contributed by atoms with E-state index in [9.17, 15) is 19.5 Å². The number of nitrogens with zero attached hydrogens (tertiary/aromatic N) is 3. The number of hydrogen-bond donors (Lipinski definition) is 3. The molecule has 0 radical (unpaired) electrons. The molecular formula is C17H17N5O4. The van der Waals surface area contributed by atoms with Crippen LogP contribution in [-0.2, 0) is 13.1 Å². The molecule has 0 aliphatic carbocycles. The molecule has 9 nitrogen and oxygen atoms in total. The molecule has 1 aromatic carbocycles. The summed E-state index contributed by atoms with van der Waals surface area (Å²) < 4.78 is 1.80. The molecule has 3 aromatic rings. The van der Waals surface area contributed by atoms with Crippen molar-refractivity contribution in [3.05, 3.63) is 61.9 Å². The van der Waals surface area contributed by atoms with Crippen LogP contribution in [0.5, 0.6) is 0 Å². The normalized spacial score (nSPS) is 15.1. The number of amides is 1. The number of nitrogens with one attached hydrogen (secondary N) is 2. The van der Waals surface area contributed by atoms with E-state index in [-0.39, 0.29) is 5.91 Å². The van der Waals surface area contributed by atoms with Gasteiger partial charge in [-0.1, -0.05) is 0 Å². The second kappa shape index (κ2) is 5.95. The van der Waals surface area contributed by atoms with Crippen LogP contribution in [0.15, 0.2) is 33.9 Å². The summed E-state index contributed by atoms with van der Waals surface area (Å²) in [4.78, 5) is 42.3. The van der Waals surface area contributed by atoms with Gasteiger partial charge in [-0.15, -0.1) is 0 Å². The lowest BCUT2D eigenvalue weighted by molar-refractivity contribution is 0.0706. The Kier molecular flexibility index (Phi) is 3.73. The van der Waals surface area contributed by atoms with Crippen molar-refractivity contribution in [2.75, 3.05) is 6.54 Å². The highest BCUT2D eigenvalue weighted by Crippen LogP contribution is 2.20. The number of aromatic amines is 2. The van der Waals surface area contributed by atoms with Gasteiger partial charge in [0, 0.05) is 12.1 Å². The van der Waals surface area contributed by atoms with Gasteiger partial charge >= 0.3 is 11.1 Å². The Morgan fingerprint density at radius 3 is 2.62 bits per heavy atom. The van der Waals surface area contributed by atoms with E-state index in [0.717, 1.165) is 5.69 Å². The third-order valence-corrected chi connectivity index (χ3v) is 4.50. The maximum absolute atomic E-state index is 12.8. The van der Waals surface area contributed by atoms with Gasteiger partial charge in [0.25, 0.3) is 5.91 Å². The zero-order valence-corrected chi connectivity index (χ0v) is 14.0. The first kappa shape index (κ1) is 16.3. The molecule has 0 saturated heterocycles. The van der Waals surface area contributed by atoms with E-state index >= 15 is 0 Å². The molecule has 1 amide bonds. The Balaban J connectivity index is 1.63. The Morgan fingerprint density at radius 2 is 1.88 bits per heavy atom. The van der Waals surface area contributed by atoms with Crippen LogP contribution in [0.1, 0.15) is 34.8 Å². The molecule has 0 saturated carbocycles. The summed E-state index contributed by atoms with van der Waals surface area (Å²) in [5.74, 6) is -0.176. The minimum atomic E-state index is -0.755. The van der Waals surface area contributed by atoms with Crippen LogP contribution in [0, 0.1) is 0 Å². The van der Waals surface area contributed by atoms with Gasteiger partial charge in [-0.2, -0.15) is 5.10 Å². The molecule has 0 spiro atoms. The van der Waals surface area contributed by atoms with Gasteiger partial charge in [-0.05, 0) is 31.2 Å². The third-order valence-electron chi connectivity index (χ3n) is 4.50. The molecule has 0 fully saturated rings. The summed E-state index contributed by atoms with van der Waals surface area (Å²) in [6.07, 6.45) is -0.656. The quantitative estimate of drug-likeness (QED) is 0.563. The number of fused-ring (bicyclic) bond motifs is 2. The number of H-pyrrole nitrogens is 2. The van der Waals surface area contributed by atoms with Crippen LogP contribution < -0.4 is 11.1 Å². The first-order valence-electron chi connectivity index (χ1n) is 8.23. The van der Waals surface area contributed by atoms with E-state index in [1.165, 1.54) is 0 Å². The van der Waals surface area contributed by atoms with Gasteiger partial charge in [0.15, 0.2) is 0 Å². The predicted octanol–water partition coefficient (Wildman–Crippen LogP) is 0.122. The topological polar surface area (TPSA) is 124 Å². The third kappa shape index (κ3) is 2.72. The van der Waals surface area contributed by atoms with E-state index in [0.29, 0.717) is 41.9 Å². The van der Waals surface area contributed by atoms with Crippen LogP contribution >= 0.6 is 0 Å². The highest BCUT2D eigenvalue weighted by molar-refractivity contribution is 5.97. The van der Waals surface area contributed by atoms with Crippen molar-refractivity contribution >= 4 is 16.9 Å². The number of benzene rings is 1. The van der Waals surface area contributed by atoms with E-state index in [1.54, 1.807) is 40.8 Å². The highest BCUT2D eigenvalue weighted by Gasteiger charge is 2.24. The van der Waals surface area contributed by atoms with E-state index < -0.39 is 17.2 Å². The smallest absolute Gasteiger partial charge is 0.314 e. The minimum absolute atomic E-state index is 0.176. The van der Waals surface area contributed by atoms with Crippen LogP contribution in [0.25, 0.3) is 11.0 Å². The largest absolute Gasteiger partial charge is 0.387 e. The van der Waals surface area contributed by atoms with Crippen molar-refractivity contribution < 1.29 is 9.90 Å².